The van der Waals surface area contributed by atoms with Gasteiger partial charge in [-0.1, -0.05) is 67.9 Å². The van der Waals surface area contributed by atoms with E-state index in [9.17, 15) is 14.4 Å². The number of nitrogens with zero attached hydrogens (tertiary/aromatic N) is 2. The molecule has 2 heterocycles. The minimum atomic E-state index is -0.601. The lowest BCUT2D eigenvalue weighted by molar-refractivity contribution is -0.141. The third-order valence-electron chi connectivity index (χ3n) is 6.71. The molecular formula is C25H32N5O3S. The zero-order valence-corrected chi connectivity index (χ0v) is 20.3. The van der Waals surface area contributed by atoms with Gasteiger partial charge in [-0.05, 0) is 31.6 Å². The number of carbonyl (C=O) groups is 3. The molecule has 4 N–H and O–H groups in total. The zero-order chi connectivity index (χ0) is 24.1. The molecule has 2 aromatic rings. The zero-order valence-electron chi connectivity index (χ0n) is 19.5. The Labute approximate surface area is 204 Å². The van der Waals surface area contributed by atoms with Crippen LogP contribution in [0.25, 0.3) is 11.3 Å². The Morgan fingerprint density at radius 1 is 1.12 bits per heavy atom. The SMILES string of the molecule is C[CH]C(=O)N[C@H](C(=O)N1CCC[C@H]1C(=O)Nc1sc(N)nc1-c1ccccc1)C1CCCCC1. The van der Waals surface area contributed by atoms with Crippen LogP contribution in [-0.2, 0) is 14.4 Å². The van der Waals surface area contributed by atoms with Crippen molar-refractivity contribution in [2.45, 2.75) is 64.0 Å². The number of nitrogens with one attached hydrogen (secondary N) is 2. The van der Waals surface area contributed by atoms with Gasteiger partial charge >= 0.3 is 0 Å². The number of benzene rings is 1. The van der Waals surface area contributed by atoms with Crippen molar-refractivity contribution in [3.8, 4) is 11.3 Å². The number of aromatic nitrogens is 1. The molecule has 1 aromatic heterocycles. The predicted molar refractivity (Wildman–Crippen MR) is 134 cm³/mol. The van der Waals surface area contributed by atoms with E-state index in [0.717, 1.165) is 44.1 Å². The molecule has 1 aliphatic heterocycles. The maximum atomic E-state index is 13.6. The third-order valence-corrected chi connectivity index (χ3v) is 7.51. The number of nitrogens with two attached hydrogens (primary N) is 1. The van der Waals surface area contributed by atoms with Crippen molar-refractivity contribution in [1.82, 2.24) is 15.2 Å². The fourth-order valence-corrected chi connectivity index (χ4v) is 5.73. The van der Waals surface area contributed by atoms with E-state index in [4.69, 9.17) is 5.73 Å². The first-order chi connectivity index (χ1) is 16.5. The maximum Gasteiger partial charge on any atom is 0.247 e. The van der Waals surface area contributed by atoms with E-state index in [0.29, 0.717) is 28.8 Å². The van der Waals surface area contributed by atoms with E-state index < -0.39 is 12.1 Å². The highest BCUT2D eigenvalue weighted by Crippen LogP contribution is 2.35. The monoisotopic (exact) mass is 482 g/mol. The molecule has 1 saturated carbocycles. The Balaban J connectivity index is 1.51. The Bertz CT molecular complexity index is 1020. The smallest absolute Gasteiger partial charge is 0.247 e. The number of hydrogen-bond acceptors (Lipinski definition) is 6. The summed E-state index contributed by atoms with van der Waals surface area (Å²) in [5.41, 5.74) is 7.44. The maximum absolute atomic E-state index is 13.6. The molecule has 34 heavy (non-hydrogen) atoms. The molecule has 9 heteroatoms. The number of amides is 3. The standard InChI is InChI=1S/C25H32N5O3S/c1-2-19(31)27-21(17-12-7-4-8-13-17)24(33)30-15-9-14-18(30)22(32)29-23-20(28-25(26)34-23)16-10-5-3-6-11-16/h2-3,5-6,10-11,17-18,21H,4,7-9,12-15H2,1H3,(H2,26,28)(H,27,31)(H,29,32)/t18-,21-/m0/s1. The number of likely N-dealkylation sites (tertiary alicyclic amines) is 1. The quantitative estimate of drug-likeness (QED) is 0.557. The van der Waals surface area contributed by atoms with Gasteiger partial charge in [0.2, 0.25) is 17.7 Å². The molecule has 1 aliphatic carbocycles. The normalized spacial score (nSPS) is 19.6. The number of anilines is 2. The Morgan fingerprint density at radius 3 is 2.56 bits per heavy atom. The van der Waals surface area contributed by atoms with Crippen LogP contribution in [0.5, 0.6) is 0 Å². The highest BCUT2D eigenvalue weighted by atomic mass is 32.1. The van der Waals surface area contributed by atoms with Crippen molar-refractivity contribution < 1.29 is 14.4 Å². The molecule has 8 nitrogen and oxygen atoms in total. The molecule has 0 spiro atoms. The molecule has 2 atom stereocenters. The van der Waals surface area contributed by atoms with Crippen molar-refractivity contribution in [1.29, 1.82) is 0 Å². The summed E-state index contributed by atoms with van der Waals surface area (Å²) in [5.74, 6) is -0.563. The molecule has 0 bridgehead atoms. The van der Waals surface area contributed by atoms with E-state index >= 15 is 0 Å². The molecule has 3 amide bonds. The predicted octanol–water partition coefficient (Wildman–Crippen LogP) is 3.61. The van der Waals surface area contributed by atoms with Crippen molar-refractivity contribution in [3.63, 3.8) is 0 Å². The summed E-state index contributed by atoms with van der Waals surface area (Å²) in [6.45, 7) is 2.16. The van der Waals surface area contributed by atoms with E-state index in [1.165, 1.54) is 17.8 Å². The van der Waals surface area contributed by atoms with Crippen LogP contribution in [-0.4, -0.2) is 46.2 Å². The van der Waals surface area contributed by atoms with Crippen molar-refractivity contribution in [2.24, 2.45) is 5.92 Å². The first-order valence-corrected chi connectivity index (χ1v) is 12.8. The van der Waals surface area contributed by atoms with Crippen LogP contribution in [0.4, 0.5) is 10.1 Å². The first kappa shape index (κ1) is 24.2. The van der Waals surface area contributed by atoms with Gasteiger partial charge in [-0.2, -0.15) is 0 Å². The second-order valence-corrected chi connectivity index (χ2v) is 9.98. The van der Waals surface area contributed by atoms with Crippen molar-refractivity contribution in [3.05, 3.63) is 36.8 Å². The largest absolute Gasteiger partial charge is 0.375 e. The number of thiazole rings is 1. The van der Waals surface area contributed by atoms with Gasteiger partial charge in [-0.25, -0.2) is 4.98 Å². The summed E-state index contributed by atoms with van der Waals surface area (Å²) in [6.07, 6.45) is 7.84. The van der Waals surface area contributed by atoms with Gasteiger partial charge in [0.15, 0.2) is 5.13 Å². The molecule has 4 rings (SSSR count). The summed E-state index contributed by atoms with van der Waals surface area (Å²) in [5, 5.41) is 6.83. The minimum absolute atomic E-state index is 0.0976. The van der Waals surface area contributed by atoms with Crippen molar-refractivity contribution >= 4 is 39.2 Å². The summed E-state index contributed by atoms with van der Waals surface area (Å²) in [4.78, 5) is 45.2. The molecule has 1 radical (unpaired) electrons. The average Bonchev–Trinajstić information content (AvgIpc) is 3.50. The molecule has 2 aliphatic rings. The molecule has 181 valence electrons. The van der Waals surface area contributed by atoms with Crippen LogP contribution in [0.1, 0.15) is 51.9 Å². The fraction of sp³-hybridized carbons (Fsp3) is 0.480. The number of hydrogen-bond donors (Lipinski definition) is 3. The van der Waals surface area contributed by atoms with Gasteiger partial charge in [0.25, 0.3) is 0 Å². The van der Waals surface area contributed by atoms with Crippen LogP contribution in [0.3, 0.4) is 0 Å². The Hall–Kier alpha value is -2.94. The van der Waals surface area contributed by atoms with Gasteiger partial charge in [-0.3, -0.25) is 14.4 Å². The van der Waals surface area contributed by atoms with E-state index in [-0.39, 0.29) is 23.6 Å². The molecule has 0 unspecified atom stereocenters. The highest BCUT2D eigenvalue weighted by Gasteiger charge is 2.40. The minimum Gasteiger partial charge on any atom is -0.375 e. The molecule has 1 aromatic carbocycles. The van der Waals surface area contributed by atoms with E-state index in [1.54, 1.807) is 11.8 Å². The summed E-state index contributed by atoms with van der Waals surface area (Å²) < 4.78 is 0. The van der Waals surface area contributed by atoms with Crippen LogP contribution in [0.15, 0.2) is 30.3 Å². The molecular weight excluding hydrogens is 450 g/mol. The summed E-state index contributed by atoms with van der Waals surface area (Å²) in [7, 11) is 0. The highest BCUT2D eigenvalue weighted by molar-refractivity contribution is 7.20. The molecule has 1 saturated heterocycles. The Kier molecular flexibility index (Phi) is 7.82. The second kappa shape index (κ2) is 11.0. The summed E-state index contributed by atoms with van der Waals surface area (Å²) in [6, 6.07) is 8.36. The van der Waals surface area contributed by atoms with Crippen LogP contribution >= 0.6 is 11.3 Å². The van der Waals surface area contributed by atoms with Crippen LogP contribution < -0.4 is 16.4 Å². The van der Waals surface area contributed by atoms with Gasteiger partial charge in [0.05, 0.1) is 0 Å². The number of nitrogen functional groups attached to an aromatic ring is 1. The Morgan fingerprint density at radius 2 is 1.85 bits per heavy atom. The summed E-state index contributed by atoms with van der Waals surface area (Å²) >= 11 is 1.22. The van der Waals surface area contributed by atoms with Gasteiger partial charge in [0.1, 0.15) is 22.8 Å². The lowest BCUT2D eigenvalue weighted by atomic mass is 9.83. The lowest BCUT2D eigenvalue weighted by Gasteiger charge is -2.34. The third kappa shape index (κ3) is 5.41. The van der Waals surface area contributed by atoms with E-state index in [1.807, 2.05) is 30.3 Å². The lowest BCUT2D eigenvalue weighted by Crippen LogP contribution is -2.55. The topological polar surface area (TPSA) is 117 Å². The van der Waals surface area contributed by atoms with Gasteiger partial charge in [-0.15, -0.1) is 0 Å². The number of carbonyl (C=O) groups excluding carboxylic acids is 3. The fourth-order valence-electron chi connectivity index (χ4n) is 4.98. The number of rotatable bonds is 7. The van der Waals surface area contributed by atoms with Crippen LogP contribution in [0.2, 0.25) is 0 Å². The molecule has 2 fully saturated rings. The first-order valence-electron chi connectivity index (χ1n) is 12.0. The van der Waals surface area contributed by atoms with Crippen molar-refractivity contribution in [2.75, 3.05) is 17.6 Å². The average molecular weight is 483 g/mol. The van der Waals surface area contributed by atoms with Crippen LogP contribution in [0, 0.1) is 12.3 Å². The second-order valence-electron chi connectivity index (χ2n) is 8.95. The van der Waals surface area contributed by atoms with Gasteiger partial charge in [0, 0.05) is 18.5 Å². The van der Waals surface area contributed by atoms with E-state index in [2.05, 4.69) is 15.6 Å². The van der Waals surface area contributed by atoms with Gasteiger partial charge < -0.3 is 21.3 Å².